The van der Waals surface area contributed by atoms with Crippen LogP contribution in [0.5, 0.6) is 0 Å². The topological polar surface area (TPSA) is 45.5 Å². The number of aliphatic imine (C=N–C) groups is 1. The van der Waals surface area contributed by atoms with E-state index in [0.717, 1.165) is 37.2 Å². The van der Waals surface area contributed by atoms with Crippen LogP contribution in [-0.4, -0.2) is 40.8 Å². The molecule has 0 saturated carbocycles. The third-order valence-electron chi connectivity index (χ3n) is 5.58. The van der Waals surface area contributed by atoms with E-state index < -0.39 is 0 Å². The zero-order valence-electron chi connectivity index (χ0n) is 16.5. The van der Waals surface area contributed by atoms with E-state index in [1.165, 1.54) is 36.1 Å². The maximum absolute atomic E-state index is 4.51. The molecule has 0 unspecified atom stereocenters. The van der Waals surface area contributed by atoms with Crippen LogP contribution in [0.25, 0.3) is 0 Å². The van der Waals surface area contributed by atoms with Gasteiger partial charge in [-0.25, -0.2) is 0 Å². The van der Waals surface area contributed by atoms with Crippen LogP contribution in [0.3, 0.4) is 0 Å². The largest absolute Gasteiger partial charge is 0.352 e. The number of likely N-dealkylation sites (tertiary alicyclic amines) is 1. The molecule has 0 spiro atoms. The third kappa shape index (κ3) is 4.26. The van der Waals surface area contributed by atoms with Crippen molar-refractivity contribution in [1.82, 2.24) is 20.0 Å². The molecule has 1 fully saturated rings. The maximum atomic E-state index is 4.51. The molecule has 3 rings (SSSR count). The molecule has 1 N–H and O–H groups in total. The Labute approximate surface area is 157 Å². The molecule has 1 aromatic carbocycles. The fourth-order valence-corrected chi connectivity index (χ4v) is 3.87. The van der Waals surface area contributed by atoms with Gasteiger partial charge in [0.15, 0.2) is 5.96 Å². The van der Waals surface area contributed by atoms with Gasteiger partial charge < -0.3 is 10.2 Å². The van der Waals surface area contributed by atoms with Gasteiger partial charge in [0, 0.05) is 45.0 Å². The zero-order valence-corrected chi connectivity index (χ0v) is 16.5. The average molecular weight is 354 g/mol. The van der Waals surface area contributed by atoms with Gasteiger partial charge in [-0.15, -0.1) is 0 Å². The summed E-state index contributed by atoms with van der Waals surface area (Å²) >= 11 is 0. The molecule has 2 heterocycles. The van der Waals surface area contributed by atoms with Crippen molar-refractivity contribution >= 4 is 5.96 Å². The number of rotatable bonds is 4. The Morgan fingerprint density at radius 2 is 1.88 bits per heavy atom. The molecule has 0 atom stereocenters. The smallest absolute Gasteiger partial charge is 0.193 e. The number of benzene rings is 1. The summed E-state index contributed by atoms with van der Waals surface area (Å²) < 4.78 is 1.95. The third-order valence-corrected chi connectivity index (χ3v) is 5.58. The summed E-state index contributed by atoms with van der Waals surface area (Å²) in [7, 11) is 3.87. The van der Waals surface area contributed by atoms with E-state index in [-0.39, 0.29) is 0 Å². The Hall–Kier alpha value is -2.30. The van der Waals surface area contributed by atoms with Gasteiger partial charge in [0.1, 0.15) is 0 Å². The van der Waals surface area contributed by atoms with E-state index in [9.17, 15) is 0 Å². The molecule has 1 aliphatic rings. The predicted molar refractivity (Wildman–Crippen MR) is 107 cm³/mol. The quantitative estimate of drug-likeness (QED) is 0.679. The second-order valence-corrected chi connectivity index (χ2v) is 7.29. The van der Waals surface area contributed by atoms with Crippen LogP contribution >= 0.6 is 0 Å². The van der Waals surface area contributed by atoms with E-state index in [0.29, 0.717) is 0 Å². The fraction of sp³-hybridized carbons (Fsp3) is 0.524. The molecule has 1 aliphatic heterocycles. The lowest BCUT2D eigenvalue weighted by Gasteiger charge is -2.34. The second kappa shape index (κ2) is 8.39. The summed E-state index contributed by atoms with van der Waals surface area (Å²) in [6, 6.07) is 10.8. The van der Waals surface area contributed by atoms with E-state index in [1.807, 2.05) is 18.8 Å². The molecule has 0 bridgehead atoms. The number of hydrogen-bond acceptors (Lipinski definition) is 2. The summed E-state index contributed by atoms with van der Waals surface area (Å²) in [5, 5.41) is 8.04. The van der Waals surface area contributed by atoms with Gasteiger partial charge in [0.05, 0.1) is 5.69 Å². The summed E-state index contributed by atoms with van der Waals surface area (Å²) in [5.74, 6) is 1.78. The monoisotopic (exact) mass is 353 g/mol. The van der Waals surface area contributed by atoms with Gasteiger partial charge in [0.2, 0.25) is 0 Å². The molecular formula is C21H31N5. The van der Waals surface area contributed by atoms with Gasteiger partial charge in [-0.1, -0.05) is 30.3 Å². The number of piperidine rings is 1. The number of nitrogens with zero attached hydrogens (tertiary/aromatic N) is 4. The molecule has 1 aromatic heterocycles. The summed E-state index contributed by atoms with van der Waals surface area (Å²) in [5.41, 5.74) is 5.03. The molecule has 5 nitrogen and oxygen atoms in total. The van der Waals surface area contributed by atoms with Crippen molar-refractivity contribution in [2.45, 2.75) is 39.7 Å². The van der Waals surface area contributed by atoms with E-state index >= 15 is 0 Å². The number of hydrogen-bond donors (Lipinski definition) is 1. The van der Waals surface area contributed by atoms with E-state index in [2.05, 4.69) is 64.5 Å². The van der Waals surface area contributed by atoms with E-state index in [1.54, 1.807) is 0 Å². The van der Waals surface area contributed by atoms with Crippen molar-refractivity contribution in [2.24, 2.45) is 18.0 Å². The number of guanidine groups is 1. The van der Waals surface area contributed by atoms with Crippen LogP contribution in [-0.2, 0) is 20.0 Å². The molecule has 1 saturated heterocycles. The van der Waals surface area contributed by atoms with Gasteiger partial charge >= 0.3 is 0 Å². The minimum Gasteiger partial charge on any atom is -0.352 e. The summed E-state index contributed by atoms with van der Waals surface area (Å²) in [4.78, 5) is 6.90. The molecular weight excluding hydrogens is 322 g/mol. The number of nitrogens with one attached hydrogen (secondary N) is 1. The van der Waals surface area contributed by atoms with Gasteiger partial charge in [-0.2, -0.15) is 5.10 Å². The van der Waals surface area contributed by atoms with Crippen LogP contribution in [0.4, 0.5) is 0 Å². The highest BCUT2D eigenvalue weighted by Gasteiger charge is 2.22. The summed E-state index contributed by atoms with van der Waals surface area (Å²) in [6.45, 7) is 7.11. The van der Waals surface area contributed by atoms with Crippen molar-refractivity contribution in [3.63, 3.8) is 0 Å². The Bertz CT molecular complexity index is 739. The van der Waals surface area contributed by atoms with Crippen LogP contribution < -0.4 is 5.32 Å². The number of aromatic nitrogens is 2. The Kier molecular flexibility index (Phi) is 5.96. The van der Waals surface area contributed by atoms with Crippen molar-refractivity contribution in [1.29, 1.82) is 0 Å². The highest BCUT2D eigenvalue weighted by atomic mass is 15.3. The molecule has 140 valence electrons. The highest BCUT2D eigenvalue weighted by Crippen LogP contribution is 2.22. The van der Waals surface area contributed by atoms with Crippen molar-refractivity contribution in [3.8, 4) is 0 Å². The summed E-state index contributed by atoms with van der Waals surface area (Å²) in [6.07, 6.45) is 3.63. The van der Waals surface area contributed by atoms with Crippen LogP contribution in [0.1, 0.15) is 35.4 Å². The van der Waals surface area contributed by atoms with Crippen molar-refractivity contribution in [2.75, 3.05) is 20.1 Å². The van der Waals surface area contributed by atoms with Gasteiger partial charge in [-0.05, 0) is 44.6 Å². The minimum atomic E-state index is 0.773. The Balaban J connectivity index is 1.52. The minimum absolute atomic E-state index is 0.773. The first-order valence-corrected chi connectivity index (χ1v) is 9.57. The fourth-order valence-electron chi connectivity index (χ4n) is 3.87. The van der Waals surface area contributed by atoms with Crippen LogP contribution in [0, 0.1) is 19.8 Å². The SMILES string of the molecule is CN=C(NCc1c(C)nn(C)c1C)N1CCC(Cc2ccccc2)CC1. The lowest BCUT2D eigenvalue weighted by molar-refractivity contribution is 0.259. The zero-order chi connectivity index (χ0) is 18.5. The average Bonchev–Trinajstić information content (AvgIpc) is 2.90. The molecule has 2 aromatic rings. The first-order valence-electron chi connectivity index (χ1n) is 9.57. The lowest BCUT2D eigenvalue weighted by Crippen LogP contribution is -2.45. The molecule has 0 radical (unpaired) electrons. The molecule has 0 aliphatic carbocycles. The normalized spacial score (nSPS) is 16.2. The Morgan fingerprint density at radius 1 is 1.19 bits per heavy atom. The van der Waals surface area contributed by atoms with Crippen LogP contribution in [0.15, 0.2) is 35.3 Å². The molecule has 26 heavy (non-hydrogen) atoms. The lowest BCUT2D eigenvalue weighted by atomic mass is 9.90. The second-order valence-electron chi connectivity index (χ2n) is 7.29. The van der Waals surface area contributed by atoms with Gasteiger partial charge in [-0.3, -0.25) is 9.67 Å². The van der Waals surface area contributed by atoms with Crippen molar-refractivity contribution in [3.05, 3.63) is 52.8 Å². The van der Waals surface area contributed by atoms with Crippen molar-refractivity contribution < 1.29 is 0 Å². The van der Waals surface area contributed by atoms with Gasteiger partial charge in [0.25, 0.3) is 0 Å². The van der Waals surface area contributed by atoms with Crippen LogP contribution in [0.2, 0.25) is 0 Å². The standard InChI is InChI=1S/C21H31N5/c1-16-20(17(2)25(4)24-16)15-23-21(22-3)26-12-10-19(11-13-26)14-18-8-6-5-7-9-18/h5-9,19H,10-15H2,1-4H3,(H,22,23). The molecule has 5 heteroatoms. The highest BCUT2D eigenvalue weighted by molar-refractivity contribution is 5.80. The first kappa shape index (κ1) is 18.5. The van der Waals surface area contributed by atoms with E-state index in [4.69, 9.17) is 0 Å². The Morgan fingerprint density at radius 3 is 2.46 bits per heavy atom. The molecule has 0 amide bonds. The predicted octanol–water partition coefficient (Wildman–Crippen LogP) is 3.07. The number of aryl methyl sites for hydroxylation is 2. The first-order chi connectivity index (χ1) is 12.6. The maximum Gasteiger partial charge on any atom is 0.193 e.